The Morgan fingerprint density at radius 2 is 2.17 bits per heavy atom. The van der Waals surface area contributed by atoms with Gasteiger partial charge in [-0.15, -0.1) is 0 Å². The van der Waals surface area contributed by atoms with Crippen molar-refractivity contribution in [3.05, 3.63) is 24.0 Å². The van der Waals surface area contributed by atoms with Crippen LogP contribution in [0.5, 0.6) is 0 Å². The maximum absolute atomic E-state index is 13.0. The molecule has 1 N–H and O–H groups in total. The van der Waals surface area contributed by atoms with E-state index in [9.17, 15) is 9.50 Å². The first-order chi connectivity index (χ1) is 5.63. The summed E-state index contributed by atoms with van der Waals surface area (Å²) in [7, 11) is 0. The number of hydrogen-bond acceptors (Lipinski definition) is 3. The van der Waals surface area contributed by atoms with Crippen molar-refractivity contribution in [3.8, 4) is 0 Å². The quantitative estimate of drug-likeness (QED) is 0.722. The van der Waals surface area contributed by atoms with Crippen LogP contribution in [0.2, 0.25) is 0 Å². The van der Waals surface area contributed by atoms with Crippen LogP contribution in [0.4, 0.5) is 4.39 Å². The van der Waals surface area contributed by atoms with Crippen molar-refractivity contribution in [1.82, 2.24) is 9.97 Å². The van der Waals surface area contributed by atoms with E-state index >= 15 is 0 Å². The summed E-state index contributed by atoms with van der Waals surface area (Å²) >= 11 is 0. The number of halogens is 1. The van der Waals surface area contributed by atoms with Gasteiger partial charge in [0.05, 0.1) is 18.0 Å². The van der Waals surface area contributed by atoms with Crippen molar-refractivity contribution in [3.63, 3.8) is 0 Å². The Labute approximate surface area is 70.3 Å². The molecule has 2 atom stereocenters. The SMILES string of the molecule is C[C@H](O)[C@H](C)c1ncncc1F. The van der Waals surface area contributed by atoms with Crippen molar-refractivity contribution in [1.29, 1.82) is 0 Å². The maximum Gasteiger partial charge on any atom is 0.163 e. The van der Waals surface area contributed by atoms with Crippen molar-refractivity contribution < 1.29 is 9.50 Å². The van der Waals surface area contributed by atoms with Crippen LogP contribution in [-0.2, 0) is 0 Å². The van der Waals surface area contributed by atoms with Crippen LogP contribution in [0.3, 0.4) is 0 Å². The molecule has 0 fully saturated rings. The monoisotopic (exact) mass is 170 g/mol. The van der Waals surface area contributed by atoms with Crippen LogP contribution in [0, 0.1) is 5.82 Å². The minimum Gasteiger partial charge on any atom is -0.393 e. The van der Waals surface area contributed by atoms with Crippen LogP contribution >= 0.6 is 0 Å². The molecule has 0 aromatic carbocycles. The van der Waals surface area contributed by atoms with Gasteiger partial charge < -0.3 is 5.11 Å². The molecular weight excluding hydrogens is 159 g/mol. The zero-order chi connectivity index (χ0) is 9.14. The van der Waals surface area contributed by atoms with Gasteiger partial charge in [0.2, 0.25) is 0 Å². The first-order valence-corrected chi connectivity index (χ1v) is 3.76. The second kappa shape index (κ2) is 3.58. The second-order valence-electron chi connectivity index (χ2n) is 2.79. The highest BCUT2D eigenvalue weighted by molar-refractivity contribution is 5.08. The van der Waals surface area contributed by atoms with Crippen molar-refractivity contribution in [2.75, 3.05) is 0 Å². The van der Waals surface area contributed by atoms with Gasteiger partial charge in [-0.25, -0.2) is 14.4 Å². The van der Waals surface area contributed by atoms with Gasteiger partial charge in [-0.2, -0.15) is 0 Å². The van der Waals surface area contributed by atoms with Crippen molar-refractivity contribution in [2.24, 2.45) is 0 Å². The lowest BCUT2D eigenvalue weighted by atomic mass is 10.0. The Balaban J connectivity index is 2.94. The zero-order valence-electron chi connectivity index (χ0n) is 7.03. The lowest BCUT2D eigenvalue weighted by Crippen LogP contribution is -2.14. The third-order valence-electron chi connectivity index (χ3n) is 1.85. The average Bonchev–Trinajstić information content (AvgIpc) is 2.04. The molecule has 1 aromatic rings. The molecule has 0 radical (unpaired) electrons. The van der Waals surface area contributed by atoms with Crippen LogP contribution in [0.1, 0.15) is 25.5 Å². The first-order valence-electron chi connectivity index (χ1n) is 3.76. The number of nitrogens with zero attached hydrogens (tertiary/aromatic N) is 2. The van der Waals surface area contributed by atoms with Gasteiger partial charge in [0.25, 0.3) is 0 Å². The lowest BCUT2D eigenvalue weighted by Gasteiger charge is -2.13. The van der Waals surface area contributed by atoms with Crippen LogP contribution in [0.15, 0.2) is 12.5 Å². The fourth-order valence-electron chi connectivity index (χ4n) is 0.886. The highest BCUT2D eigenvalue weighted by Gasteiger charge is 2.16. The summed E-state index contributed by atoms with van der Waals surface area (Å²) in [5.41, 5.74) is 0.264. The molecule has 0 saturated heterocycles. The molecule has 0 aliphatic carbocycles. The van der Waals surface area contributed by atoms with Crippen LogP contribution in [0.25, 0.3) is 0 Å². The predicted molar refractivity (Wildman–Crippen MR) is 42.1 cm³/mol. The molecule has 0 aliphatic rings. The van der Waals surface area contributed by atoms with Gasteiger partial charge in [0.15, 0.2) is 5.82 Å². The van der Waals surface area contributed by atoms with E-state index in [0.29, 0.717) is 0 Å². The Morgan fingerprint density at radius 3 is 2.67 bits per heavy atom. The molecule has 1 rings (SSSR count). The van der Waals surface area contributed by atoms with E-state index in [0.717, 1.165) is 6.20 Å². The average molecular weight is 170 g/mol. The molecule has 1 heterocycles. The van der Waals surface area contributed by atoms with Gasteiger partial charge in [-0.1, -0.05) is 6.92 Å². The fraction of sp³-hybridized carbons (Fsp3) is 0.500. The van der Waals surface area contributed by atoms with E-state index in [1.807, 2.05) is 0 Å². The van der Waals surface area contributed by atoms with E-state index < -0.39 is 11.9 Å². The highest BCUT2D eigenvalue weighted by Crippen LogP contribution is 2.18. The summed E-state index contributed by atoms with van der Waals surface area (Å²) in [5, 5.41) is 9.17. The molecule has 0 bridgehead atoms. The number of aliphatic hydroxyl groups excluding tert-OH is 1. The van der Waals surface area contributed by atoms with Crippen molar-refractivity contribution in [2.45, 2.75) is 25.9 Å². The minimum absolute atomic E-state index is 0.264. The number of aromatic nitrogens is 2. The summed E-state index contributed by atoms with van der Waals surface area (Å²) in [5.74, 6) is -0.765. The normalized spacial score (nSPS) is 15.7. The molecule has 3 nitrogen and oxygen atoms in total. The fourth-order valence-corrected chi connectivity index (χ4v) is 0.886. The molecule has 0 aliphatic heterocycles. The summed E-state index contributed by atoms with van der Waals surface area (Å²) < 4.78 is 13.0. The van der Waals surface area contributed by atoms with Gasteiger partial charge in [0, 0.05) is 5.92 Å². The van der Waals surface area contributed by atoms with E-state index in [1.54, 1.807) is 13.8 Å². The Hall–Kier alpha value is -1.03. The summed E-state index contributed by atoms with van der Waals surface area (Å²) in [6, 6.07) is 0. The second-order valence-corrected chi connectivity index (χ2v) is 2.79. The first kappa shape index (κ1) is 9.06. The van der Waals surface area contributed by atoms with Gasteiger partial charge >= 0.3 is 0 Å². The Kier molecular flexibility index (Phi) is 2.70. The van der Waals surface area contributed by atoms with E-state index in [-0.39, 0.29) is 11.6 Å². The van der Waals surface area contributed by atoms with Crippen molar-refractivity contribution >= 4 is 0 Å². The van der Waals surface area contributed by atoms with Gasteiger partial charge in [-0.05, 0) is 6.92 Å². The number of aliphatic hydroxyl groups is 1. The predicted octanol–water partition coefficient (Wildman–Crippen LogP) is 1.10. The molecule has 0 spiro atoms. The molecule has 0 unspecified atom stereocenters. The molecule has 66 valence electrons. The molecule has 12 heavy (non-hydrogen) atoms. The molecule has 1 aromatic heterocycles. The summed E-state index contributed by atoms with van der Waals surface area (Å²) in [6.45, 7) is 3.32. The smallest absolute Gasteiger partial charge is 0.163 e. The summed E-state index contributed by atoms with van der Waals surface area (Å²) in [6.07, 6.45) is 1.77. The number of rotatable bonds is 2. The maximum atomic E-state index is 13.0. The van der Waals surface area contributed by atoms with Gasteiger partial charge in [-0.3, -0.25) is 0 Å². The van der Waals surface area contributed by atoms with E-state index in [2.05, 4.69) is 9.97 Å². The molecular formula is C8H11FN2O. The van der Waals surface area contributed by atoms with Crippen LogP contribution < -0.4 is 0 Å². The standard InChI is InChI=1S/C8H11FN2O/c1-5(6(2)12)8-7(9)3-10-4-11-8/h3-6,12H,1-2H3/t5-,6-/m0/s1. The molecule has 0 saturated carbocycles. The largest absolute Gasteiger partial charge is 0.393 e. The van der Waals surface area contributed by atoms with Crippen LogP contribution in [-0.4, -0.2) is 21.2 Å². The third-order valence-corrected chi connectivity index (χ3v) is 1.85. The molecule has 0 amide bonds. The van der Waals surface area contributed by atoms with E-state index in [4.69, 9.17) is 0 Å². The Morgan fingerprint density at radius 1 is 1.50 bits per heavy atom. The minimum atomic E-state index is -0.602. The lowest BCUT2D eigenvalue weighted by molar-refractivity contribution is 0.165. The number of hydrogen-bond donors (Lipinski definition) is 1. The topological polar surface area (TPSA) is 46.0 Å². The highest BCUT2D eigenvalue weighted by atomic mass is 19.1. The van der Waals surface area contributed by atoms with E-state index in [1.165, 1.54) is 6.33 Å². The Bertz CT molecular complexity index is 265. The zero-order valence-corrected chi connectivity index (χ0v) is 7.03. The third kappa shape index (κ3) is 1.76. The molecule has 4 heteroatoms. The summed E-state index contributed by atoms with van der Waals surface area (Å²) in [4.78, 5) is 7.27. The van der Waals surface area contributed by atoms with Gasteiger partial charge in [0.1, 0.15) is 6.33 Å².